The summed E-state index contributed by atoms with van der Waals surface area (Å²) < 4.78 is 13.1. The van der Waals surface area contributed by atoms with E-state index in [4.69, 9.17) is 0 Å². The first-order valence-corrected chi connectivity index (χ1v) is 9.98. The van der Waals surface area contributed by atoms with Crippen LogP contribution in [0.2, 0.25) is 0 Å². The topological polar surface area (TPSA) is 52.6 Å². The van der Waals surface area contributed by atoms with E-state index < -0.39 is 0 Å². The van der Waals surface area contributed by atoms with Crippen molar-refractivity contribution in [3.05, 3.63) is 48.0 Å². The first-order chi connectivity index (χ1) is 13.6. The van der Waals surface area contributed by atoms with Crippen LogP contribution in [0.1, 0.15) is 30.3 Å². The minimum atomic E-state index is -0.222. The average Bonchev–Trinajstić information content (AvgIpc) is 2.74. The Hall–Kier alpha value is -2.70. The number of aromatic nitrogens is 2. The van der Waals surface area contributed by atoms with Gasteiger partial charge in [-0.05, 0) is 49.1 Å². The Morgan fingerprint density at radius 2 is 1.75 bits per heavy atom. The fraction of sp³-hybridized carbons (Fsp3) is 0.476. The Morgan fingerprint density at radius 3 is 2.46 bits per heavy atom. The lowest BCUT2D eigenvalue weighted by Gasteiger charge is -2.36. The van der Waals surface area contributed by atoms with E-state index in [1.165, 1.54) is 18.6 Å². The van der Waals surface area contributed by atoms with Crippen molar-refractivity contribution >= 4 is 17.5 Å². The summed E-state index contributed by atoms with van der Waals surface area (Å²) in [6.45, 7) is 6.91. The second kappa shape index (κ2) is 8.12. The first kappa shape index (κ1) is 18.7. The molecule has 7 heteroatoms. The molecule has 1 amide bonds. The molecule has 1 atom stereocenters. The summed E-state index contributed by atoms with van der Waals surface area (Å²) in [5.41, 5.74) is 1.49. The van der Waals surface area contributed by atoms with Gasteiger partial charge in [0.1, 0.15) is 11.5 Å². The largest absolute Gasteiger partial charge is 0.368 e. The summed E-state index contributed by atoms with van der Waals surface area (Å²) in [6, 6.07) is 8.30. The van der Waals surface area contributed by atoms with Gasteiger partial charge in [0, 0.05) is 51.2 Å². The zero-order valence-corrected chi connectivity index (χ0v) is 16.2. The zero-order valence-electron chi connectivity index (χ0n) is 16.2. The van der Waals surface area contributed by atoms with Gasteiger partial charge >= 0.3 is 0 Å². The lowest BCUT2D eigenvalue weighted by atomic mass is 10.00. The van der Waals surface area contributed by atoms with Crippen molar-refractivity contribution in [2.24, 2.45) is 5.92 Å². The Morgan fingerprint density at radius 1 is 1.04 bits per heavy atom. The standard InChI is InChI=1S/C21H26FN5O/c1-16-3-2-10-27(15-16)20(28)19-8-9-23-21(24-19)26-13-11-25(12-14-26)18-6-4-17(22)5-7-18/h4-9,16H,2-3,10-15H2,1H3. The Labute approximate surface area is 165 Å². The van der Waals surface area contributed by atoms with Crippen LogP contribution in [0.5, 0.6) is 0 Å². The zero-order chi connectivity index (χ0) is 19.5. The van der Waals surface area contributed by atoms with Gasteiger partial charge < -0.3 is 14.7 Å². The van der Waals surface area contributed by atoms with Crippen LogP contribution >= 0.6 is 0 Å². The molecule has 148 valence electrons. The van der Waals surface area contributed by atoms with Crippen molar-refractivity contribution in [2.45, 2.75) is 19.8 Å². The summed E-state index contributed by atoms with van der Waals surface area (Å²) >= 11 is 0. The molecule has 2 aliphatic rings. The van der Waals surface area contributed by atoms with Gasteiger partial charge in [-0.1, -0.05) is 6.92 Å². The minimum absolute atomic E-state index is 0.000137. The highest BCUT2D eigenvalue weighted by Gasteiger charge is 2.25. The van der Waals surface area contributed by atoms with Gasteiger partial charge in [-0.2, -0.15) is 0 Å². The van der Waals surface area contributed by atoms with E-state index >= 15 is 0 Å². The molecule has 1 unspecified atom stereocenters. The highest BCUT2D eigenvalue weighted by Crippen LogP contribution is 2.20. The average molecular weight is 383 g/mol. The van der Waals surface area contributed by atoms with Crippen molar-refractivity contribution < 1.29 is 9.18 Å². The molecule has 6 nitrogen and oxygen atoms in total. The van der Waals surface area contributed by atoms with Crippen LogP contribution < -0.4 is 9.80 Å². The number of piperidine rings is 1. The van der Waals surface area contributed by atoms with Crippen LogP contribution in [-0.4, -0.2) is 60.0 Å². The van der Waals surface area contributed by atoms with Crippen LogP contribution in [0.25, 0.3) is 0 Å². The number of benzene rings is 1. The summed E-state index contributed by atoms with van der Waals surface area (Å²) in [4.78, 5) is 28.0. The number of hydrogen-bond acceptors (Lipinski definition) is 5. The fourth-order valence-electron chi connectivity index (χ4n) is 3.97. The van der Waals surface area contributed by atoms with Crippen LogP contribution in [0.15, 0.2) is 36.5 Å². The third-order valence-corrected chi connectivity index (χ3v) is 5.56. The van der Waals surface area contributed by atoms with Crippen molar-refractivity contribution in [3.63, 3.8) is 0 Å². The van der Waals surface area contributed by atoms with E-state index in [0.717, 1.165) is 51.4 Å². The second-order valence-electron chi connectivity index (χ2n) is 7.69. The SMILES string of the molecule is CC1CCCN(C(=O)c2ccnc(N3CCN(c4ccc(F)cc4)CC3)n2)C1. The molecule has 28 heavy (non-hydrogen) atoms. The lowest BCUT2D eigenvalue weighted by molar-refractivity contribution is 0.0677. The number of rotatable bonds is 3. The maximum absolute atomic E-state index is 13.1. The molecule has 1 aromatic heterocycles. The molecule has 4 rings (SSSR count). The van der Waals surface area contributed by atoms with Crippen LogP contribution in [0, 0.1) is 11.7 Å². The van der Waals surface area contributed by atoms with E-state index in [2.05, 4.69) is 26.7 Å². The molecule has 2 aliphatic heterocycles. The number of nitrogens with zero attached hydrogens (tertiary/aromatic N) is 5. The summed E-state index contributed by atoms with van der Waals surface area (Å²) in [7, 11) is 0. The molecule has 2 fully saturated rings. The minimum Gasteiger partial charge on any atom is -0.368 e. The molecule has 1 aromatic carbocycles. The lowest BCUT2D eigenvalue weighted by Crippen LogP contribution is -2.47. The van der Waals surface area contributed by atoms with Gasteiger partial charge in [0.05, 0.1) is 0 Å². The Balaban J connectivity index is 1.41. The van der Waals surface area contributed by atoms with Gasteiger partial charge in [-0.25, -0.2) is 14.4 Å². The van der Waals surface area contributed by atoms with Crippen molar-refractivity contribution in [1.82, 2.24) is 14.9 Å². The quantitative estimate of drug-likeness (QED) is 0.816. The molecule has 2 saturated heterocycles. The molecule has 0 spiro atoms. The predicted molar refractivity (Wildman–Crippen MR) is 107 cm³/mol. The maximum Gasteiger partial charge on any atom is 0.272 e. The first-order valence-electron chi connectivity index (χ1n) is 9.98. The third kappa shape index (κ3) is 4.08. The van der Waals surface area contributed by atoms with Crippen LogP contribution in [0.3, 0.4) is 0 Å². The van der Waals surface area contributed by atoms with Crippen molar-refractivity contribution in [1.29, 1.82) is 0 Å². The van der Waals surface area contributed by atoms with Gasteiger partial charge in [0.15, 0.2) is 0 Å². The van der Waals surface area contributed by atoms with E-state index in [-0.39, 0.29) is 11.7 Å². The fourth-order valence-corrected chi connectivity index (χ4v) is 3.97. The number of hydrogen-bond donors (Lipinski definition) is 0. The summed E-state index contributed by atoms with van der Waals surface area (Å²) in [5, 5.41) is 0. The number of amides is 1. The predicted octanol–water partition coefficient (Wildman–Crippen LogP) is 2.81. The maximum atomic E-state index is 13.1. The van der Waals surface area contributed by atoms with E-state index in [9.17, 15) is 9.18 Å². The van der Waals surface area contributed by atoms with E-state index in [0.29, 0.717) is 17.6 Å². The van der Waals surface area contributed by atoms with Crippen molar-refractivity contribution in [3.8, 4) is 0 Å². The molecule has 0 N–H and O–H groups in total. The Kier molecular flexibility index (Phi) is 5.41. The molecule has 0 saturated carbocycles. The van der Waals surface area contributed by atoms with Crippen molar-refractivity contribution in [2.75, 3.05) is 49.1 Å². The Bertz CT molecular complexity index is 820. The van der Waals surface area contributed by atoms with Gasteiger partial charge in [0.25, 0.3) is 5.91 Å². The molecule has 2 aromatic rings. The van der Waals surface area contributed by atoms with E-state index in [1.54, 1.807) is 24.4 Å². The van der Waals surface area contributed by atoms with E-state index in [1.807, 2.05) is 4.90 Å². The molecular formula is C21H26FN5O. The normalized spacial score (nSPS) is 20.4. The number of piperazine rings is 1. The summed E-state index contributed by atoms with van der Waals surface area (Å²) in [6.07, 6.45) is 3.91. The smallest absolute Gasteiger partial charge is 0.272 e. The molecule has 3 heterocycles. The van der Waals surface area contributed by atoms with Gasteiger partial charge in [-0.3, -0.25) is 4.79 Å². The molecule has 0 aliphatic carbocycles. The number of likely N-dealkylation sites (tertiary alicyclic amines) is 1. The number of halogens is 1. The monoisotopic (exact) mass is 383 g/mol. The van der Waals surface area contributed by atoms with Gasteiger partial charge in [0.2, 0.25) is 5.95 Å². The van der Waals surface area contributed by atoms with Crippen LogP contribution in [0.4, 0.5) is 16.0 Å². The van der Waals surface area contributed by atoms with Gasteiger partial charge in [-0.15, -0.1) is 0 Å². The second-order valence-corrected chi connectivity index (χ2v) is 7.69. The number of carbonyl (C=O) groups excluding carboxylic acids is 1. The number of carbonyl (C=O) groups is 1. The number of anilines is 2. The highest BCUT2D eigenvalue weighted by atomic mass is 19.1. The highest BCUT2D eigenvalue weighted by molar-refractivity contribution is 5.92. The van der Waals surface area contributed by atoms with Crippen LogP contribution in [-0.2, 0) is 0 Å². The third-order valence-electron chi connectivity index (χ3n) is 5.56. The molecular weight excluding hydrogens is 357 g/mol. The molecule has 0 bridgehead atoms. The molecule has 0 radical (unpaired) electrons. The summed E-state index contributed by atoms with van der Waals surface area (Å²) in [5.74, 6) is 0.925.